The highest BCUT2D eigenvalue weighted by Crippen LogP contribution is 2.43. The molecule has 0 aliphatic heterocycles. The fourth-order valence-corrected chi connectivity index (χ4v) is 8.12. The second-order valence-electron chi connectivity index (χ2n) is 15.4. The van der Waals surface area contributed by atoms with Crippen molar-refractivity contribution in [2.24, 2.45) is 0 Å². The fourth-order valence-electron chi connectivity index (χ4n) is 8.12. The molecule has 0 saturated heterocycles. The normalized spacial score (nSPS) is 10.7. The Hall–Kier alpha value is -8.62. The number of anilines is 12. The Morgan fingerprint density at radius 3 is 0.470 bits per heavy atom. The van der Waals surface area contributed by atoms with Gasteiger partial charge in [0.2, 0.25) is 0 Å². The Morgan fingerprint density at radius 1 is 0.182 bits per heavy atom. The summed E-state index contributed by atoms with van der Waals surface area (Å²) in [6.45, 7) is 0. The zero-order valence-electron chi connectivity index (χ0n) is 37.4. The minimum atomic E-state index is 0.802. The highest BCUT2D eigenvalue weighted by atomic mass is 16.5. The predicted octanol–water partition coefficient (Wildman–Crippen LogP) is 15.6. The van der Waals surface area contributed by atoms with Crippen LogP contribution in [0, 0.1) is 0 Å². The van der Waals surface area contributed by atoms with Gasteiger partial charge >= 0.3 is 0 Å². The molecule has 0 bridgehead atoms. The van der Waals surface area contributed by atoms with Crippen molar-refractivity contribution in [3.63, 3.8) is 0 Å². The molecule has 8 heteroatoms. The first-order valence-corrected chi connectivity index (χ1v) is 21.7. The topological polar surface area (TPSA) is 49.9 Å². The third-order valence-electron chi connectivity index (χ3n) is 11.4. The fraction of sp³-hybridized carbons (Fsp3) is 0.0690. The van der Waals surface area contributed by atoms with E-state index in [1.165, 1.54) is 0 Å². The molecule has 0 aliphatic carbocycles. The van der Waals surface area contributed by atoms with Crippen molar-refractivity contribution < 1.29 is 18.9 Å². The third-order valence-corrected chi connectivity index (χ3v) is 11.4. The van der Waals surface area contributed by atoms with Crippen LogP contribution in [-0.4, -0.2) is 28.4 Å². The Kier molecular flexibility index (Phi) is 12.8. The molecule has 0 N–H and O–H groups in total. The Morgan fingerprint density at radius 2 is 0.318 bits per heavy atom. The lowest BCUT2D eigenvalue weighted by Gasteiger charge is -2.30. The highest BCUT2D eigenvalue weighted by Gasteiger charge is 2.20. The smallest absolute Gasteiger partial charge is 0.119 e. The number of methoxy groups -OCH3 is 4. The van der Waals surface area contributed by atoms with E-state index in [9.17, 15) is 0 Å². The molecule has 0 aliphatic rings. The van der Waals surface area contributed by atoms with E-state index < -0.39 is 0 Å². The summed E-state index contributed by atoms with van der Waals surface area (Å²) in [5.41, 5.74) is 12.3. The van der Waals surface area contributed by atoms with Gasteiger partial charge in [0.15, 0.2) is 0 Å². The van der Waals surface area contributed by atoms with Crippen molar-refractivity contribution in [2.75, 3.05) is 48.0 Å². The van der Waals surface area contributed by atoms with Crippen LogP contribution in [0.4, 0.5) is 68.2 Å². The molecule has 9 rings (SSSR count). The van der Waals surface area contributed by atoms with Crippen LogP contribution >= 0.6 is 0 Å². The second-order valence-corrected chi connectivity index (χ2v) is 15.4. The molecule has 9 aromatic rings. The SMILES string of the molecule is COc1ccc(N(c2ccc(OC)cc2)c2ccc(N(c3ccccc3)c3ccc(N(c4ccccc4)c4ccc(N(c5ccc(OC)cc5)c5ccc(OC)cc5)cc4)cc3)cc2)cc1. The van der Waals surface area contributed by atoms with Gasteiger partial charge in [0.1, 0.15) is 23.0 Å². The molecular formula is C58H50N4O4. The number of ether oxygens (including phenoxy) is 4. The van der Waals surface area contributed by atoms with Crippen molar-refractivity contribution in [1.29, 1.82) is 0 Å². The summed E-state index contributed by atoms with van der Waals surface area (Å²) in [6, 6.07) is 79.5. The Labute approximate surface area is 387 Å². The predicted molar refractivity (Wildman–Crippen MR) is 271 cm³/mol. The average Bonchev–Trinajstić information content (AvgIpc) is 3.39. The van der Waals surface area contributed by atoms with E-state index in [0.717, 1.165) is 91.2 Å². The molecule has 9 aromatic carbocycles. The van der Waals surface area contributed by atoms with Gasteiger partial charge in [0.05, 0.1) is 28.4 Å². The van der Waals surface area contributed by atoms with Gasteiger partial charge in [0, 0.05) is 68.2 Å². The largest absolute Gasteiger partial charge is 0.497 e. The minimum absolute atomic E-state index is 0.802. The summed E-state index contributed by atoms with van der Waals surface area (Å²) < 4.78 is 21.9. The first-order valence-electron chi connectivity index (χ1n) is 21.7. The van der Waals surface area contributed by atoms with Gasteiger partial charge < -0.3 is 38.5 Å². The molecule has 0 saturated carbocycles. The third kappa shape index (κ3) is 9.21. The summed E-state index contributed by atoms with van der Waals surface area (Å²) in [6.07, 6.45) is 0. The molecule has 0 radical (unpaired) electrons. The van der Waals surface area contributed by atoms with E-state index in [-0.39, 0.29) is 0 Å². The maximum absolute atomic E-state index is 5.48. The van der Waals surface area contributed by atoms with Gasteiger partial charge in [-0.25, -0.2) is 0 Å². The van der Waals surface area contributed by atoms with Crippen LogP contribution in [0.2, 0.25) is 0 Å². The first-order chi connectivity index (χ1) is 32.5. The Bertz CT molecular complexity index is 2610. The molecule has 326 valence electrons. The number of hydrogen-bond acceptors (Lipinski definition) is 8. The van der Waals surface area contributed by atoms with Crippen LogP contribution in [0.5, 0.6) is 23.0 Å². The van der Waals surface area contributed by atoms with Crippen molar-refractivity contribution in [3.05, 3.63) is 231 Å². The molecule has 0 fully saturated rings. The molecular weight excluding hydrogens is 817 g/mol. The highest BCUT2D eigenvalue weighted by molar-refractivity contribution is 5.85. The lowest BCUT2D eigenvalue weighted by molar-refractivity contribution is 0.414. The zero-order valence-corrected chi connectivity index (χ0v) is 37.4. The number of hydrogen-bond donors (Lipinski definition) is 0. The summed E-state index contributed by atoms with van der Waals surface area (Å²) in [5, 5.41) is 0. The van der Waals surface area contributed by atoms with E-state index in [2.05, 4.69) is 189 Å². The molecule has 66 heavy (non-hydrogen) atoms. The molecule has 0 atom stereocenters. The van der Waals surface area contributed by atoms with E-state index in [0.29, 0.717) is 0 Å². The van der Waals surface area contributed by atoms with E-state index >= 15 is 0 Å². The monoisotopic (exact) mass is 866 g/mol. The van der Waals surface area contributed by atoms with Crippen LogP contribution in [0.3, 0.4) is 0 Å². The van der Waals surface area contributed by atoms with Crippen LogP contribution in [-0.2, 0) is 0 Å². The molecule has 0 heterocycles. The average molecular weight is 867 g/mol. The Balaban J connectivity index is 1.05. The van der Waals surface area contributed by atoms with Crippen LogP contribution < -0.4 is 38.5 Å². The van der Waals surface area contributed by atoms with E-state index in [4.69, 9.17) is 18.9 Å². The van der Waals surface area contributed by atoms with Crippen molar-refractivity contribution >= 4 is 68.2 Å². The lowest BCUT2D eigenvalue weighted by Crippen LogP contribution is -2.13. The molecule has 0 amide bonds. The van der Waals surface area contributed by atoms with Gasteiger partial charge in [-0.15, -0.1) is 0 Å². The van der Waals surface area contributed by atoms with Gasteiger partial charge in [-0.1, -0.05) is 36.4 Å². The summed E-state index contributed by atoms with van der Waals surface area (Å²) in [7, 11) is 6.73. The van der Waals surface area contributed by atoms with Crippen molar-refractivity contribution in [3.8, 4) is 23.0 Å². The standard InChI is InChI=1S/C58H50N4O4/c1-63-55-35-27-51(28-36-55)61(52-29-37-56(64-2)38-30-52)49-23-19-47(20-24-49)59(43-11-7-5-8-12-43)45-15-17-46(18-16-45)60(44-13-9-6-10-14-44)48-21-25-50(26-22-48)62(53-31-39-57(65-3)40-32-53)54-33-41-58(66-4)42-34-54/h5-42H,1-4H3. The van der Waals surface area contributed by atoms with Gasteiger partial charge in [-0.2, -0.15) is 0 Å². The van der Waals surface area contributed by atoms with E-state index in [1.54, 1.807) is 28.4 Å². The minimum Gasteiger partial charge on any atom is -0.497 e. The lowest BCUT2D eigenvalue weighted by atomic mass is 10.1. The number of nitrogens with zero attached hydrogens (tertiary/aromatic N) is 4. The van der Waals surface area contributed by atoms with Gasteiger partial charge in [-0.05, 0) is 194 Å². The molecule has 8 nitrogen and oxygen atoms in total. The number of benzene rings is 9. The first kappa shape index (κ1) is 42.7. The summed E-state index contributed by atoms with van der Waals surface area (Å²) >= 11 is 0. The molecule has 0 unspecified atom stereocenters. The van der Waals surface area contributed by atoms with Crippen LogP contribution in [0.15, 0.2) is 231 Å². The molecule has 0 aromatic heterocycles. The maximum Gasteiger partial charge on any atom is 0.119 e. The summed E-state index contributed by atoms with van der Waals surface area (Å²) in [4.78, 5) is 9.02. The van der Waals surface area contributed by atoms with Crippen LogP contribution in [0.1, 0.15) is 0 Å². The zero-order chi connectivity index (χ0) is 45.2. The van der Waals surface area contributed by atoms with Crippen molar-refractivity contribution in [1.82, 2.24) is 0 Å². The second kappa shape index (κ2) is 19.8. The molecule has 0 spiro atoms. The van der Waals surface area contributed by atoms with Gasteiger partial charge in [-0.3, -0.25) is 0 Å². The van der Waals surface area contributed by atoms with Crippen LogP contribution in [0.25, 0.3) is 0 Å². The quantitative estimate of drug-likeness (QED) is 0.0952. The summed E-state index contributed by atoms with van der Waals surface area (Å²) in [5.74, 6) is 3.21. The number of para-hydroxylation sites is 2. The van der Waals surface area contributed by atoms with Gasteiger partial charge in [0.25, 0.3) is 0 Å². The maximum atomic E-state index is 5.48. The number of rotatable bonds is 16. The van der Waals surface area contributed by atoms with Crippen molar-refractivity contribution in [2.45, 2.75) is 0 Å². The van der Waals surface area contributed by atoms with E-state index in [1.807, 2.05) is 60.7 Å².